The van der Waals surface area contributed by atoms with Crippen LogP contribution in [0.1, 0.15) is 32.7 Å². The van der Waals surface area contributed by atoms with Gasteiger partial charge in [-0.3, -0.25) is 4.79 Å². The van der Waals surface area contributed by atoms with Crippen molar-refractivity contribution in [2.24, 2.45) is 0 Å². The molecule has 7 nitrogen and oxygen atoms in total. The first-order valence-electron chi connectivity index (χ1n) is 12.6. The normalized spacial score (nSPS) is 11.6. The number of benzene rings is 3. The van der Waals surface area contributed by atoms with E-state index in [9.17, 15) is 13.2 Å². The maximum atomic E-state index is 13.7. The summed E-state index contributed by atoms with van der Waals surface area (Å²) in [5.41, 5.74) is 3.87. The van der Waals surface area contributed by atoms with Crippen molar-refractivity contribution in [2.75, 3.05) is 27.2 Å². The predicted octanol–water partition coefficient (Wildman–Crippen LogP) is 4.42. The third-order valence-corrected chi connectivity index (χ3v) is 8.02. The number of likely N-dealkylation sites (N-methyl/N-ethyl adjacent to an activating group) is 1. The number of sulfone groups is 1. The highest BCUT2D eigenvalue weighted by atomic mass is 32.2. The molecule has 0 unspecified atom stereocenters. The second kappa shape index (κ2) is 12.2. The molecule has 0 aliphatic carbocycles. The molecule has 0 bridgehead atoms. The van der Waals surface area contributed by atoms with Crippen molar-refractivity contribution < 1.29 is 13.2 Å². The highest BCUT2D eigenvalue weighted by Gasteiger charge is 2.26. The largest absolute Gasteiger partial charge is 0.331 e. The Balaban J connectivity index is 1.72. The number of aryl methyl sites for hydroxylation is 1. The SMILES string of the molecule is Cc1ccccc1CS(=O)(=O)c1ncc(CN(CCN(C)C)C(=O)c2ccccc2)n1Cc1ccccc1. The van der Waals surface area contributed by atoms with E-state index >= 15 is 0 Å². The van der Waals surface area contributed by atoms with Crippen molar-refractivity contribution in [2.45, 2.75) is 30.9 Å². The summed E-state index contributed by atoms with van der Waals surface area (Å²) in [5, 5.41) is 0.0133. The molecule has 0 saturated heterocycles. The Morgan fingerprint density at radius 3 is 2.16 bits per heavy atom. The zero-order valence-corrected chi connectivity index (χ0v) is 22.9. The Morgan fingerprint density at radius 1 is 0.868 bits per heavy atom. The molecule has 4 rings (SSSR count). The van der Waals surface area contributed by atoms with Crippen LogP contribution in [0.25, 0.3) is 0 Å². The smallest absolute Gasteiger partial charge is 0.254 e. The molecule has 0 aliphatic heterocycles. The molecule has 0 N–H and O–H groups in total. The lowest BCUT2D eigenvalue weighted by atomic mass is 10.1. The van der Waals surface area contributed by atoms with Crippen molar-refractivity contribution >= 4 is 15.7 Å². The Morgan fingerprint density at radius 2 is 1.50 bits per heavy atom. The van der Waals surface area contributed by atoms with E-state index in [1.807, 2.05) is 98.7 Å². The number of imidazole rings is 1. The fourth-order valence-electron chi connectivity index (χ4n) is 4.27. The van der Waals surface area contributed by atoms with Crippen LogP contribution in [0.15, 0.2) is 96.3 Å². The summed E-state index contributed by atoms with van der Waals surface area (Å²) >= 11 is 0. The van der Waals surface area contributed by atoms with Gasteiger partial charge in [-0.1, -0.05) is 72.8 Å². The Kier molecular flexibility index (Phi) is 8.76. The molecule has 1 heterocycles. The summed E-state index contributed by atoms with van der Waals surface area (Å²) in [6.07, 6.45) is 1.59. The van der Waals surface area contributed by atoms with Crippen LogP contribution in [0.3, 0.4) is 0 Å². The topological polar surface area (TPSA) is 75.5 Å². The standard InChI is InChI=1S/C30H34N4O3S/c1-24-12-10-11-17-27(24)23-38(36,37)30-31-20-28(34(30)21-25-13-6-4-7-14-25)22-33(19-18-32(2)3)29(35)26-15-8-5-9-16-26/h4-17,20H,18-19,21-23H2,1-3H3. The van der Waals surface area contributed by atoms with Gasteiger partial charge in [-0.2, -0.15) is 0 Å². The van der Waals surface area contributed by atoms with E-state index in [0.29, 0.717) is 30.9 Å². The van der Waals surface area contributed by atoms with Crippen LogP contribution < -0.4 is 0 Å². The van der Waals surface area contributed by atoms with Gasteiger partial charge in [0.05, 0.1) is 30.7 Å². The number of carbonyl (C=O) groups excluding carboxylic acids is 1. The van der Waals surface area contributed by atoms with Crippen molar-refractivity contribution in [3.05, 3.63) is 119 Å². The zero-order valence-electron chi connectivity index (χ0n) is 22.1. The summed E-state index contributed by atoms with van der Waals surface area (Å²) in [6, 6.07) is 26.3. The molecular formula is C30H34N4O3S. The molecule has 3 aromatic carbocycles. The zero-order chi connectivity index (χ0) is 27.1. The summed E-state index contributed by atoms with van der Waals surface area (Å²) < 4.78 is 29.1. The fraction of sp³-hybridized carbons (Fsp3) is 0.267. The minimum absolute atomic E-state index is 0.0133. The average molecular weight is 531 g/mol. The van der Waals surface area contributed by atoms with Gasteiger partial charge in [0.25, 0.3) is 5.91 Å². The number of carbonyl (C=O) groups is 1. The first-order valence-corrected chi connectivity index (χ1v) is 14.2. The molecule has 0 atom stereocenters. The molecule has 0 fully saturated rings. The Hall–Kier alpha value is -3.75. The fourth-order valence-corrected chi connectivity index (χ4v) is 5.87. The van der Waals surface area contributed by atoms with Gasteiger partial charge >= 0.3 is 0 Å². The van der Waals surface area contributed by atoms with Crippen LogP contribution in [-0.2, 0) is 28.7 Å². The van der Waals surface area contributed by atoms with Gasteiger partial charge < -0.3 is 14.4 Å². The number of amides is 1. The van der Waals surface area contributed by atoms with E-state index < -0.39 is 9.84 Å². The molecule has 0 radical (unpaired) electrons. The quantitative estimate of drug-likeness (QED) is 0.287. The maximum Gasteiger partial charge on any atom is 0.254 e. The lowest BCUT2D eigenvalue weighted by Gasteiger charge is -2.25. The second-order valence-electron chi connectivity index (χ2n) is 9.69. The number of aromatic nitrogens is 2. The third kappa shape index (κ3) is 6.76. The summed E-state index contributed by atoms with van der Waals surface area (Å²) in [7, 11) is 0.159. The van der Waals surface area contributed by atoms with Crippen molar-refractivity contribution in [3.8, 4) is 0 Å². The number of hydrogen-bond donors (Lipinski definition) is 0. The van der Waals surface area contributed by atoms with Crippen molar-refractivity contribution in [1.29, 1.82) is 0 Å². The first kappa shape index (κ1) is 27.3. The van der Waals surface area contributed by atoms with E-state index in [2.05, 4.69) is 4.98 Å². The van der Waals surface area contributed by atoms with Crippen LogP contribution >= 0.6 is 0 Å². The van der Waals surface area contributed by atoms with Crippen LogP contribution in [0.2, 0.25) is 0 Å². The van der Waals surface area contributed by atoms with E-state index in [0.717, 1.165) is 16.7 Å². The second-order valence-corrected chi connectivity index (χ2v) is 11.6. The summed E-state index contributed by atoms with van der Waals surface area (Å²) in [5.74, 6) is -0.248. The van der Waals surface area contributed by atoms with Crippen molar-refractivity contribution in [1.82, 2.24) is 19.4 Å². The number of nitrogens with zero attached hydrogens (tertiary/aromatic N) is 4. The van der Waals surface area contributed by atoms with Crippen LogP contribution in [0.5, 0.6) is 0 Å². The van der Waals surface area contributed by atoms with E-state index in [4.69, 9.17) is 0 Å². The van der Waals surface area contributed by atoms with Gasteiger partial charge in [0.2, 0.25) is 15.0 Å². The predicted molar refractivity (Wildman–Crippen MR) is 150 cm³/mol. The molecule has 0 spiro atoms. The number of rotatable bonds is 11. The molecule has 38 heavy (non-hydrogen) atoms. The van der Waals surface area contributed by atoms with Crippen LogP contribution in [0, 0.1) is 6.92 Å². The van der Waals surface area contributed by atoms with Crippen molar-refractivity contribution in [3.63, 3.8) is 0 Å². The first-order chi connectivity index (χ1) is 18.2. The molecule has 1 aromatic heterocycles. The lowest BCUT2D eigenvalue weighted by Crippen LogP contribution is -2.37. The van der Waals surface area contributed by atoms with Gasteiger partial charge in [0.15, 0.2) is 0 Å². The molecule has 198 valence electrons. The van der Waals surface area contributed by atoms with E-state index in [-0.39, 0.29) is 23.4 Å². The van der Waals surface area contributed by atoms with E-state index in [1.165, 1.54) is 0 Å². The van der Waals surface area contributed by atoms with Gasteiger partial charge in [-0.15, -0.1) is 0 Å². The molecular weight excluding hydrogens is 496 g/mol. The van der Waals surface area contributed by atoms with Crippen LogP contribution in [-0.4, -0.2) is 60.9 Å². The third-order valence-electron chi connectivity index (χ3n) is 6.45. The highest BCUT2D eigenvalue weighted by molar-refractivity contribution is 7.90. The molecule has 8 heteroatoms. The Bertz CT molecular complexity index is 1470. The molecule has 0 aliphatic rings. The van der Waals surface area contributed by atoms with E-state index in [1.54, 1.807) is 27.8 Å². The van der Waals surface area contributed by atoms with Gasteiger partial charge in [0, 0.05) is 18.7 Å². The minimum atomic E-state index is -3.76. The van der Waals surface area contributed by atoms with Gasteiger partial charge in [0.1, 0.15) is 0 Å². The van der Waals surface area contributed by atoms with Gasteiger partial charge in [-0.05, 0) is 49.8 Å². The summed E-state index contributed by atoms with van der Waals surface area (Å²) in [4.78, 5) is 21.7. The highest BCUT2D eigenvalue weighted by Crippen LogP contribution is 2.22. The minimum Gasteiger partial charge on any atom is -0.331 e. The van der Waals surface area contributed by atoms with Gasteiger partial charge in [-0.25, -0.2) is 13.4 Å². The maximum absolute atomic E-state index is 13.7. The molecule has 0 saturated carbocycles. The Labute approximate surface area is 225 Å². The lowest BCUT2D eigenvalue weighted by molar-refractivity contribution is 0.0728. The van der Waals surface area contributed by atoms with Crippen LogP contribution in [0.4, 0.5) is 0 Å². The average Bonchev–Trinajstić information content (AvgIpc) is 3.31. The monoisotopic (exact) mass is 530 g/mol. The molecule has 1 amide bonds. The molecule has 4 aromatic rings. The number of hydrogen-bond acceptors (Lipinski definition) is 5. The summed E-state index contributed by atoms with van der Waals surface area (Å²) in [6.45, 7) is 3.64.